The lowest BCUT2D eigenvalue weighted by atomic mass is 10.0. The summed E-state index contributed by atoms with van der Waals surface area (Å²) in [7, 11) is 1.90. The zero-order valence-electron chi connectivity index (χ0n) is 16.1. The largest absolute Gasteiger partial charge is 0.388 e. The van der Waals surface area contributed by atoms with Crippen molar-refractivity contribution in [1.82, 2.24) is 25.1 Å². The summed E-state index contributed by atoms with van der Waals surface area (Å²) in [4.78, 5) is 14.5. The molecule has 3 heterocycles. The van der Waals surface area contributed by atoms with Crippen LogP contribution in [0.25, 0.3) is 44.4 Å². The minimum atomic E-state index is 0.406. The van der Waals surface area contributed by atoms with E-state index in [1.165, 1.54) is 11.3 Å². The van der Waals surface area contributed by atoms with Gasteiger partial charge in [-0.15, -0.1) is 10.2 Å². The number of hydrogen-bond donors (Lipinski definition) is 2. The normalized spacial score (nSPS) is 11.0. The average molecular weight is 411 g/mol. The van der Waals surface area contributed by atoms with Gasteiger partial charge in [0.2, 0.25) is 5.13 Å². The predicted octanol–water partition coefficient (Wildman–Crippen LogP) is 4.50. The molecule has 0 aliphatic carbocycles. The van der Waals surface area contributed by atoms with Crippen LogP contribution in [0.4, 0.5) is 10.8 Å². The molecule has 0 amide bonds. The Morgan fingerprint density at radius 3 is 2.20 bits per heavy atom. The fraction of sp³-hybridized carbons (Fsp3) is 0.0455. The van der Waals surface area contributed by atoms with Crippen molar-refractivity contribution in [3.8, 4) is 33.2 Å². The molecular weight excluding hydrogens is 394 g/mol. The van der Waals surface area contributed by atoms with Gasteiger partial charge in [-0.1, -0.05) is 53.8 Å². The van der Waals surface area contributed by atoms with E-state index in [-0.39, 0.29) is 0 Å². The summed E-state index contributed by atoms with van der Waals surface area (Å²) in [5.74, 6) is 0. The Morgan fingerprint density at radius 1 is 0.767 bits per heavy atom. The lowest BCUT2D eigenvalue weighted by Gasteiger charge is -2.11. The van der Waals surface area contributed by atoms with E-state index >= 15 is 0 Å². The molecule has 0 saturated heterocycles. The second kappa shape index (κ2) is 7.49. The molecule has 8 heteroatoms. The van der Waals surface area contributed by atoms with Crippen LogP contribution in [-0.4, -0.2) is 32.2 Å². The third-order valence-electron chi connectivity index (χ3n) is 4.68. The first-order valence-electron chi connectivity index (χ1n) is 9.33. The number of nitrogens with two attached hydrogens (primary N) is 1. The Hall–Kier alpha value is -3.91. The molecule has 0 bridgehead atoms. The SMILES string of the molecule is CNc1ccc(-c2nc3ccc(-c4nnc(N)s4)nc3nc2-c2ccccc2)cc1. The molecule has 0 unspecified atom stereocenters. The van der Waals surface area contributed by atoms with E-state index in [2.05, 4.69) is 20.5 Å². The zero-order valence-corrected chi connectivity index (χ0v) is 16.9. The van der Waals surface area contributed by atoms with Crippen molar-refractivity contribution in [2.75, 3.05) is 18.1 Å². The van der Waals surface area contributed by atoms with E-state index in [1.807, 2.05) is 73.8 Å². The number of nitrogen functional groups attached to an aromatic ring is 1. The van der Waals surface area contributed by atoms with Crippen LogP contribution < -0.4 is 11.1 Å². The van der Waals surface area contributed by atoms with E-state index in [0.717, 1.165) is 28.2 Å². The van der Waals surface area contributed by atoms with E-state index in [1.54, 1.807) is 0 Å². The van der Waals surface area contributed by atoms with Crippen molar-refractivity contribution in [3.63, 3.8) is 0 Å². The highest BCUT2D eigenvalue weighted by molar-refractivity contribution is 7.18. The Labute approximate surface area is 176 Å². The van der Waals surface area contributed by atoms with Gasteiger partial charge >= 0.3 is 0 Å². The number of pyridine rings is 1. The lowest BCUT2D eigenvalue weighted by molar-refractivity contribution is 1.09. The van der Waals surface area contributed by atoms with Gasteiger partial charge < -0.3 is 11.1 Å². The molecule has 5 aromatic rings. The van der Waals surface area contributed by atoms with Crippen LogP contribution in [0.15, 0.2) is 66.7 Å². The quantitative estimate of drug-likeness (QED) is 0.449. The molecule has 0 spiro atoms. The summed E-state index contributed by atoms with van der Waals surface area (Å²) in [6.45, 7) is 0. The maximum Gasteiger partial charge on any atom is 0.203 e. The van der Waals surface area contributed by atoms with Crippen molar-refractivity contribution in [3.05, 3.63) is 66.7 Å². The number of nitrogens with zero attached hydrogens (tertiary/aromatic N) is 5. The van der Waals surface area contributed by atoms with Gasteiger partial charge in [0.05, 0.1) is 11.4 Å². The van der Waals surface area contributed by atoms with Crippen molar-refractivity contribution in [2.45, 2.75) is 0 Å². The molecule has 146 valence electrons. The van der Waals surface area contributed by atoms with Crippen molar-refractivity contribution in [2.24, 2.45) is 0 Å². The van der Waals surface area contributed by atoms with Crippen LogP contribution in [0.5, 0.6) is 0 Å². The van der Waals surface area contributed by atoms with Gasteiger partial charge in [0.25, 0.3) is 0 Å². The van der Waals surface area contributed by atoms with Gasteiger partial charge in [-0.25, -0.2) is 15.0 Å². The molecule has 3 aromatic heterocycles. The molecule has 0 atom stereocenters. The van der Waals surface area contributed by atoms with Gasteiger partial charge in [0.15, 0.2) is 10.7 Å². The minimum Gasteiger partial charge on any atom is -0.388 e. The summed E-state index contributed by atoms with van der Waals surface area (Å²) < 4.78 is 0. The average Bonchev–Trinajstić information content (AvgIpc) is 3.25. The number of rotatable bonds is 4. The second-order valence-electron chi connectivity index (χ2n) is 6.60. The van der Waals surface area contributed by atoms with Gasteiger partial charge in [-0.2, -0.15) is 0 Å². The standard InChI is InChI=1S/C22H17N7S/c1-24-15-9-7-14(8-10-15)18-19(13-5-3-2-4-6-13)27-20-16(25-18)11-12-17(26-20)21-28-29-22(23)30-21/h2-12,24H,1H3,(H2,23,29). The molecule has 2 aromatic carbocycles. The Kier molecular flexibility index (Phi) is 4.53. The molecule has 0 radical (unpaired) electrons. The summed E-state index contributed by atoms with van der Waals surface area (Å²) in [6.07, 6.45) is 0. The molecule has 3 N–H and O–H groups in total. The third-order valence-corrected chi connectivity index (χ3v) is 5.46. The maximum atomic E-state index is 5.72. The lowest BCUT2D eigenvalue weighted by Crippen LogP contribution is -1.98. The predicted molar refractivity (Wildman–Crippen MR) is 121 cm³/mol. The fourth-order valence-electron chi connectivity index (χ4n) is 3.19. The monoisotopic (exact) mass is 411 g/mol. The number of benzene rings is 2. The topological polar surface area (TPSA) is 102 Å². The molecule has 0 fully saturated rings. The Bertz CT molecular complexity index is 1330. The smallest absolute Gasteiger partial charge is 0.203 e. The highest BCUT2D eigenvalue weighted by Crippen LogP contribution is 2.32. The molecule has 5 rings (SSSR count). The van der Waals surface area contributed by atoms with Crippen molar-refractivity contribution in [1.29, 1.82) is 0 Å². The Morgan fingerprint density at radius 2 is 1.50 bits per heavy atom. The van der Waals surface area contributed by atoms with Crippen LogP contribution in [-0.2, 0) is 0 Å². The van der Waals surface area contributed by atoms with E-state index in [9.17, 15) is 0 Å². The summed E-state index contributed by atoms with van der Waals surface area (Å²) in [5, 5.41) is 12.2. The Balaban J connectivity index is 1.71. The zero-order chi connectivity index (χ0) is 20.5. The van der Waals surface area contributed by atoms with Crippen LogP contribution in [0.1, 0.15) is 0 Å². The first-order chi connectivity index (χ1) is 14.7. The summed E-state index contributed by atoms with van der Waals surface area (Å²) >= 11 is 1.29. The summed E-state index contributed by atoms with van der Waals surface area (Å²) in [6, 6.07) is 21.9. The minimum absolute atomic E-state index is 0.406. The molecule has 30 heavy (non-hydrogen) atoms. The highest BCUT2D eigenvalue weighted by atomic mass is 32.1. The number of anilines is 2. The fourth-order valence-corrected chi connectivity index (χ4v) is 3.77. The van der Waals surface area contributed by atoms with Gasteiger partial charge in [-0.3, -0.25) is 0 Å². The van der Waals surface area contributed by atoms with Crippen LogP contribution in [0, 0.1) is 0 Å². The number of hydrogen-bond acceptors (Lipinski definition) is 8. The van der Waals surface area contributed by atoms with Crippen molar-refractivity contribution >= 4 is 33.3 Å². The van der Waals surface area contributed by atoms with Crippen LogP contribution in [0.2, 0.25) is 0 Å². The van der Waals surface area contributed by atoms with E-state index in [4.69, 9.17) is 15.7 Å². The van der Waals surface area contributed by atoms with Gasteiger partial charge in [-0.05, 0) is 24.3 Å². The first-order valence-corrected chi connectivity index (χ1v) is 10.1. The van der Waals surface area contributed by atoms with E-state index in [0.29, 0.717) is 27.0 Å². The van der Waals surface area contributed by atoms with Gasteiger partial charge in [0.1, 0.15) is 11.2 Å². The number of aromatic nitrogens is 5. The third kappa shape index (κ3) is 3.33. The van der Waals surface area contributed by atoms with E-state index < -0.39 is 0 Å². The van der Waals surface area contributed by atoms with Crippen LogP contribution in [0.3, 0.4) is 0 Å². The molecular formula is C22H17N7S. The molecule has 0 saturated carbocycles. The summed E-state index contributed by atoms with van der Waals surface area (Å²) in [5.41, 5.74) is 12.3. The van der Waals surface area contributed by atoms with Gasteiger partial charge in [0, 0.05) is 23.9 Å². The maximum absolute atomic E-state index is 5.72. The molecule has 7 nitrogen and oxygen atoms in total. The van der Waals surface area contributed by atoms with Crippen molar-refractivity contribution < 1.29 is 0 Å². The number of nitrogens with one attached hydrogen (secondary N) is 1. The van der Waals surface area contributed by atoms with Crippen LogP contribution >= 0.6 is 11.3 Å². The molecule has 0 aliphatic heterocycles. The molecule has 0 aliphatic rings. The highest BCUT2D eigenvalue weighted by Gasteiger charge is 2.15. The first kappa shape index (κ1) is 18.1. The second-order valence-corrected chi connectivity index (χ2v) is 7.61. The number of fused-ring (bicyclic) bond motifs is 1.